The first-order valence-corrected chi connectivity index (χ1v) is 8.59. The van der Waals surface area contributed by atoms with E-state index in [1.54, 1.807) is 24.3 Å². The second kappa shape index (κ2) is 8.18. The molecular weight excluding hydrogens is 286 g/mol. The Bertz CT molecular complexity index is 614. The quantitative estimate of drug-likeness (QED) is 0.819. The molecule has 0 aliphatic rings. The van der Waals surface area contributed by atoms with E-state index in [2.05, 4.69) is 18.8 Å². The number of aliphatic hydroxyl groups is 1. The summed E-state index contributed by atoms with van der Waals surface area (Å²) in [6, 6.07) is 6.54. The van der Waals surface area contributed by atoms with E-state index in [-0.39, 0.29) is 11.5 Å². The summed E-state index contributed by atoms with van der Waals surface area (Å²) in [7, 11) is -3.50. The third kappa shape index (κ3) is 4.85. The maximum absolute atomic E-state index is 12.7. The molecule has 0 aliphatic carbocycles. The first-order chi connectivity index (χ1) is 9.95. The van der Waals surface area contributed by atoms with E-state index in [4.69, 9.17) is 5.11 Å². The van der Waals surface area contributed by atoms with E-state index < -0.39 is 10.0 Å². The van der Waals surface area contributed by atoms with Crippen molar-refractivity contribution in [3.8, 4) is 11.8 Å². The minimum absolute atomic E-state index is 0.244. The fraction of sp³-hybridized carbons (Fsp3) is 0.500. The van der Waals surface area contributed by atoms with Gasteiger partial charge >= 0.3 is 0 Å². The largest absolute Gasteiger partial charge is 0.384 e. The smallest absolute Gasteiger partial charge is 0.243 e. The molecule has 116 valence electrons. The Labute approximate surface area is 127 Å². The molecule has 21 heavy (non-hydrogen) atoms. The van der Waals surface area contributed by atoms with Gasteiger partial charge in [-0.25, -0.2) is 8.42 Å². The number of benzene rings is 1. The van der Waals surface area contributed by atoms with Crippen LogP contribution in [0.5, 0.6) is 0 Å². The second-order valence-corrected chi connectivity index (χ2v) is 6.89. The SMILES string of the molecule is CCC(C)CN(CC)S(=O)(=O)c1cccc(C#CCO)c1. The molecule has 0 aliphatic heterocycles. The van der Waals surface area contributed by atoms with Gasteiger partial charge in [-0.2, -0.15) is 4.31 Å². The summed E-state index contributed by atoms with van der Waals surface area (Å²) >= 11 is 0. The molecule has 0 fully saturated rings. The number of sulfonamides is 1. The molecule has 0 heterocycles. The predicted molar refractivity (Wildman–Crippen MR) is 84.3 cm³/mol. The van der Waals surface area contributed by atoms with Crippen LogP contribution in [0.1, 0.15) is 32.8 Å². The van der Waals surface area contributed by atoms with Crippen LogP contribution in [0.4, 0.5) is 0 Å². The van der Waals surface area contributed by atoms with Crippen molar-refractivity contribution >= 4 is 10.0 Å². The van der Waals surface area contributed by atoms with E-state index in [1.807, 2.05) is 13.8 Å². The van der Waals surface area contributed by atoms with Gasteiger partial charge in [-0.1, -0.05) is 45.1 Å². The van der Waals surface area contributed by atoms with Gasteiger partial charge in [0.1, 0.15) is 6.61 Å². The lowest BCUT2D eigenvalue weighted by Gasteiger charge is -2.23. The second-order valence-electron chi connectivity index (χ2n) is 4.96. The molecule has 1 rings (SSSR count). The van der Waals surface area contributed by atoms with Crippen molar-refractivity contribution < 1.29 is 13.5 Å². The van der Waals surface area contributed by atoms with Crippen molar-refractivity contribution in [3.05, 3.63) is 29.8 Å². The molecule has 1 N–H and O–H groups in total. The van der Waals surface area contributed by atoms with E-state index in [0.29, 0.717) is 24.6 Å². The van der Waals surface area contributed by atoms with Gasteiger partial charge in [0.2, 0.25) is 10.0 Å². The van der Waals surface area contributed by atoms with Crippen LogP contribution < -0.4 is 0 Å². The molecule has 1 aromatic carbocycles. The van der Waals surface area contributed by atoms with Crippen LogP contribution in [-0.4, -0.2) is 37.5 Å². The highest BCUT2D eigenvalue weighted by Crippen LogP contribution is 2.18. The zero-order valence-corrected chi connectivity index (χ0v) is 13.7. The molecule has 0 radical (unpaired) electrons. The Balaban J connectivity index is 3.10. The maximum atomic E-state index is 12.7. The summed E-state index contributed by atoms with van der Waals surface area (Å²) in [5.74, 6) is 5.57. The monoisotopic (exact) mass is 309 g/mol. The third-order valence-corrected chi connectivity index (χ3v) is 5.29. The Morgan fingerprint density at radius 1 is 1.33 bits per heavy atom. The molecule has 4 nitrogen and oxygen atoms in total. The molecule has 1 aromatic rings. The predicted octanol–water partition coefficient (Wildman–Crippen LogP) is 2.09. The van der Waals surface area contributed by atoms with Gasteiger partial charge in [-0.05, 0) is 24.1 Å². The first-order valence-electron chi connectivity index (χ1n) is 7.15. The van der Waals surface area contributed by atoms with E-state index in [9.17, 15) is 8.42 Å². The molecule has 0 aromatic heterocycles. The van der Waals surface area contributed by atoms with Crippen molar-refractivity contribution in [2.24, 2.45) is 5.92 Å². The highest BCUT2D eigenvalue weighted by molar-refractivity contribution is 7.89. The van der Waals surface area contributed by atoms with E-state index >= 15 is 0 Å². The van der Waals surface area contributed by atoms with Crippen LogP contribution in [0.15, 0.2) is 29.2 Å². The van der Waals surface area contributed by atoms with Gasteiger partial charge in [-0.3, -0.25) is 0 Å². The van der Waals surface area contributed by atoms with Gasteiger partial charge in [-0.15, -0.1) is 0 Å². The lowest BCUT2D eigenvalue weighted by molar-refractivity contribution is 0.350. The maximum Gasteiger partial charge on any atom is 0.243 e. The Morgan fingerprint density at radius 2 is 2.05 bits per heavy atom. The Kier molecular flexibility index (Phi) is 6.90. The van der Waals surface area contributed by atoms with Gasteiger partial charge in [0.25, 0.3) is 0 Å². The normalized spacial score (nSPS) is 12.8. The lowest BCUT2D eigenvalue weighted by atomic mass is 10.1. The van der Waals surface area contributed by atoms with Crippen molar-refractivity contribution in [2.75, 3.05) is 19.7 Å². The summed E-state index contributed by atoms with van der Waals surface area (Å²) in [6.45, 7) is 6.65. The van der Waals surface area contributed by atoms with Gasteiger partial charge in [0, 0.05) is 18.7 Å². The van der Waals surface area contributed by atoms with Crippen LogP contribution >= 0.6 is 0 Å². The fourth-order valence-corrected chi connectivity index (χ4v) is 3.51. The zero-order chi connectivity index (χ0) is 15.9. The summed E-state index contributed by atoms with van der Waals surface area (Å²) in [5, 5.41) is 8.71. The average Bonchev–Trinajstić information content (AvgIpc) is 2.50. The molecule has 0 saturated carbocycles. The highest BCUT2D eigenvalue weighted by atomic mass is 32.2. The molecule has 0 saturated heterocycles. The summed E-state index contributed by atoms with van der Waals surface area (Å²) in [5.41, 5.74) is 0.588. The molecule has 5 heteroatoms. The van der Waals surface area contributed by atoms with Crippen molar-refractivity contribution in [1.29, 1.82) is 0 Å². The van der Waals surface area contributed by atoms with Crippen molar-refractivity contribution in [3.63, 3.8) is 0 Å². The zero-order valence-electron chi connectivity index (χ0n) is 12.8. The Hall–Kier alpha value is -1.35. The molecule has 0 amide bonds. The average molecular weight is 309 g/mol. The summed E-state index contributed by atoms with van der Waals surface area (Å²) in [4.78, 5) is 0.248. The molecule has 0 spiro atoms. The number of hydrogen-bond donors (Lipinski definition) is 1. The van der Waals surface area contributed by atoms with Gasteiger partial charge in [0.05, 0.1) is 4.90 Å². The van der Waals surface area contributed by atoms with E-state index in [0.717, 1.165) is 6.42 Å². The lowest BCUT2D eigenvalue weighted by Crippen LogP contribution is -2.34. The minimum atomic E-state index is -3.50. The van der Waals surface area contributed by atoms with Crippen LogP contribution in [0.2, 0.25) is 0 Å². The highest BCUT2D eigenvalue weighted by Gasteiger charge is 2.24. The van der Waals surface area contributed by atoms with Crippen molar-refractivity contribution in [2.45, 2.75) is 32.1 Å². The number of rotatable bonds is 6. The first kappa shape index (κ1) is 17.7. The topological polar surface area (TPSA) is 57.6 Å². The number of nitrogens with zero attached hydrogens (tertiary/aromatic N) is 1. The number of aliphatic hydroxyl groups excluding tert-OH is 1. The van der Waals surface area contributed by atoms with Gasteiger partial charge < -0.3 is 5.11 Å². The third-order valence-electron chi connectivity index (χ3n) is 3.35. The van der Waals surface area contributed by atoms with Crippen LogP contribution in [-0.2, 0) is 10.0 Å². The summed E-state index contributed by atoms with van der Waals surface area (Å²) < 4.78 is 26.8. The number of hydrogen-bond acceptors (Lipinski definition) is 3. The van der Waals surface area contributed by atoms with Crippen molar-refractivity contribution in [1.82, 2.24) is 4.31 Å². The van der Waals surface area contributed by atoms with Gasteiger partial charge in [0.15, 0.2) is 0 Å². The minimum Gasteiger partial charge on any atom is -0.384 e. The summed E-state index contributed by atoms with van der Waals surface area (Å²) in [6.07, 6.45) is 0.939. The van der Waals surface area contributed by atoms with E-state index in [1.165, 1.54) is 4.31 Å². The van der Waals surface area contributed by atoms with Crippen LogP contribution in [0.25, 0.3) is 0 Å². The van der Waals surface area contributed by atoms with Crippen LogP contribution in [0.3, 0.4) is 0 Å². The molecule has 1 unspecified atom stereocenters. The fourth-order valence-electron chi connectivity index (χ4n) is 1.90. The molecule has 1 atom stereocenters. The molecule has 0 bridgehead atoms. The Morgan fingerprint density at radius 3 is 2.62 bits per heavy atom. The standard InChI is InChI=1S/C16H23NO3S/c1-4-14(3)13-17(5-2)21(19,20)16-10-6-8-15(12-16)9-7-11-18/h6,8,10,12,14,18H,4-5,11,13H2,1-3H3. The van der Waals surface area contributed by atoms with Crippen LogP contribution in [0, 0.1) is 17.8 Å². The molecular formula is C16H23NO3S.